The Kier molecular flexibility index (Phi) is 20.9. The SMILES string of the molecule is COC(=O)CCCCCN1C(=CC=C2CCCC(C=CC3=[N+](CCCCCC(=O)OC)c4ccc(S(=O)(=O)[O-])cc4C3(C)C)=C2Nc2ccc(CCC(=O)OC)cc2)C(C)(C)c2cc(C)ccc21.[2H]C([2H])[2H].[2H]C[2H].[2H]C[2H].[K+]. The number of esters is 3. The molecule has 0 spiro atoms. The number of ether oxygens (including phenoxy) is 3. The number of fused-ring (bicyclic) bond motifs is 2. The van der Waals surface area contributed by atoms with Gasteiger partial charge in [0.05, 0.1) is 31.6 Å². The molecule has 3 aromatic carbocycles. The zero-order valence-corrected chi connectivity index (χ0v) is 48.1. The van der Waals surface area contributed by atoms with Crippen LogP contribution in [0.25, 0.3) is 0 Å². The number of hydrogen-bond donors (Lipinski definition) is 1. The number of hydrogen-bond acceptors (Lipinski definition) is 11. The Hall–Kier alpha value is -4.15. The number of unbranched alkanes of at least 4 members (excludes halogenated alkanes) is 4. The summed E-state index contributed by atoms with van der Waals surface area (Å²) >= 11 is 0. The Balaban J connectivity index is 0.00000179. The third kappa shape index (κ3) is 15.7. The van der Waals surface area contributed by atoms with E-state index >= 15 is 0 Å². The number of carbonyl (C=O) groups is 3. The van der Waals surface area contributed by atoms with E-state index in [2.05, 4.69) is 91.9 Å². The van der Waals surface area contributed by atoms with Gasteiger partial charge in [0.1, 0.15) is 16.7 Å². The van der Waals surface area contributed by atoms with Gasteiger partial charge >= 0.3 is 69.3 Å². The summed E-state index contributed by atoms with van der Waals surface area (Å²) < 4.78 is 94.8. The molecule has 0 unspecified atom stereocenters. The van der Waals surface area contributed by atoms with E-state index in [1.165, 1.54) is 56.0 Å². The Morgan fingerprint density at radius 3 is 2.04 bits per heavy atom. The zero-order chi connectivity index (χ0) is 58.2. The summed E-state index contributed by atoms with van der Waals surface area (Å²) in [5.74, 6) is -0.671. The summed E-state index contributed by atoms with van der Waals surface area (Å²) in [7, 11) is -2.38. The number of carbonyl (C=O) groups excluding carboxylic acids is 3. The Bertz CT molecular complexity index is 2760. The first-order chi connectivity index (χ1) is 36.9. The molecule has 0 saturated carbocycles. The molecule has 0 fully saturated rings. The van der Waals surface area contributed by atoms with Crippen LogP contribution in [0.1, 0.15) is 159 Å². The van der Waals surface area contributed by atoms with Crippen molar-refractivity contribution in [2.75, 3.05) is 44.6 Å². The molecule has 388 valence electrons. The number of anilines is 2. The van der Waals surface area contributed by atoms with Gasteiger partial charge in [-0.05, 0) is 131 Å². The molecule has 72 heavy (non-hydrogen) atoms. The second kappa shape index (κ2) is 28.5. The number of aryl methyl sites for hydroxylation is 2. The Morgan fingerprint density at radius 2 is 1.42 bits per heavy atom. The van der Waals surface area contributed by atoms with Crippen molar-refractivity contribution >= 4 is 50.8 Å². The van der Waals surface area contributed by atoms with E-state index in [1.54, 1.807) is 6.07 Å². The van der Waals surface area contributed by atoms with Crippen LogP contribution in [0.2, 0.25) is 0 Å². The summed E-state index contributed by atoms with van der Waals surface area (Å²) in [5.41, 5.74) is 11.8. The van der Waals surface area contributed by atoms with Crippen LogP contribution in [-0.2, 0) is 56.0 Å². The van der Waals surface area contributed by atoms with Crippen LogP contribution in [0.15, 0.2) is 112 Å². The molecule has 2 heterocycles. The van der Waals surface area contributed by atoms with Gasteiger partial charge in [-0.3, -0.25) is 14.4 Å². The number of benzene rings is 3. The molecule has 0 bridgehead atoms. The smallest absolute Gasteiger partial charge is 0.744 e. The van der Waals surface area contributed by atoms with Crippen molar-refractivity contribution in [3.63, 3.8) is 0 Å². The van der Waals surface area contributed by atoms with Gasteiger partial charge in [-0.1, -0.05) is 84.4 Å². The molecule has 2 aliphatic heterocycles. The molecular weight excluding hydrogens is 954 g/mol. The molecule has 12 nitrogen and oxygen atoms in total. The van der Waals surface area contributed by atoms with E-state index in [1.807, 2.05) is 24.3 Å². The minimum atomic E-state index is -4.68. The summed E-state index contributed by atoms with van der Waals surface area (Å²) in [6.07, 6.45) is 18.0. The number of nitrogens with one attached hydrogen (secondary N) is 1. The summed E-state index contributed by atoms with van der Waals surface area (Å²) in [5, 5.41) is 3.82. The largest absolute Gasteiger partial charge is 1.00 e. The van der Waals surface area contributed by atoms with E-state index in [9.17, 15) is 27.4 Å². The first-order valence-corrected chi connectivity index (χ1v) is 25.3. The normalized spacial score (nSPS) is 17.6. The van der Waals surface area contributed by atoms with Crippen LogP contribution >= 0.6 is 0 Å². The second-order valence-electron chi connectivity index (χ2n) is 19.1. The molecule has 3 aromatic rings. The molecule has 6 rings (SSSR count). The fraction of sp³-hybridized carbons (Fsp3) is 0.483. The van der Waals surface area contributed by atoms with Crippen molar-refractivity contribution in [3.05, 3.63) is 130 Å². The predicted octanol–water partition coefficient (Wildman–Crippen LogP) is 9.47. The molecule has 3 aliphatic rings. The Labute approximate surface area is 484 Å². The van der Waals surface area contributed by atoms with E-state index in [4.69, 9.17) is 23.8 Å². The predicted molar refractivity (Wildman–Crippen MR) is 287 cm³/mol. The zero-order valence-electron chi connectivity index (χ0n) is 51.2. The number of methoxy groups -OCH3 is 3. The van der Waals surface area contributed by atoms with Crippen LogP contribution in [0, 0.1) is 6.92 Å². The fourth-order valence-corrected chi connectivity index (χ4v) is 10.2. The average molecular weight is 1040 g/mol. The monoisotopic (exact) mass is 1040 g/mol. The third-order valence-corrected chi connectivity index (χ3v) is 14.5. The number of allylic oxidation sites excluding steroid dienone is 7. The molecule has 0 atom stereocenters. The minimum absolute atomic E-state index is 0. The van der Waals surface area contributed by atoms with Crippen LogP contribution in [0.4, 0.5) is 17.1 Å². The van der Waals surface area contributed by atoms with Gasteiger partial charge < -0.3 is 29.0 Å². The quantitative estimate of drug-likeness (QED) is 0.0271. The standard InChI is InChI=1S/C55H69N3O9S.3CH4.K/c1-38-20-29-46-44(36-38)54(2,3)48(57(46)34-13-9-11-18-50(59)65-6)31-24-40-16-15-17-41(53(40)56-42-26-21-39(22-27-42)23-33-52(61)67-8)25-32-49-55(4,5)45-37-43(68(62,63)64)28-30-47(45)58(49)35-14-10-12-19-51(60)66-7;;;;/h20-22,24-32,36-37H,9-19,23,33-35H2,1-8H3,(H,62,63,64);3*1H4;/q;;;;+1/i;1D3;2*1D2;. The van der Waals surface area contributed by atoms with Crippen molar-refractivity contribution < 1.29 is 107 Å². The summed E-state index contributed by atoms with van der Waals surface area (Å²) in [4.78, 5) is 37.8. The topological polar surface area (TPSA) is 154 Å². The van der Waals surface area contributed by atoms with Crippen molar-refractivity contribution in [1.29, 1.82) is 0 Å². The average Bonchev–Trinajstić information content (AvgIpc) is 3.74. The Morgan fingerprint density at radius 1 is 0.792 bits per heavy atom. The van der Waals surface area contributed by atoms with Gasteiger partial charge in [-0.2, -0.15) is 4.58 Å². The first kappa shape index (κ1) is 52.7. The van der Waals surface area contributed by atoms with Crippen LogP contribution in [-0.4, -0.2) is 75.6 Å². The first-order valence-electron chi connectivity index (χ1n) is 28.5. The summed E-state index contributed by atoms with van der Waals surface area (Å²) in [6.45, 7) is 12.3. The van der Waals surface area contributed by atoms with Gasteiger partial charge in [-0.15, -0.1) is 0 Å². The third-order valence-electron chi connectivity index (χ3n) is 13.7. The van der Waals surface area contributed by atoms with Gasteiger partial charge in [-0.25, -0.2) is 8.42 Å². The van der Waals surface area contributed by atoms with Crippen molar-refractivity contribution in [1.82, 2.24) is 0 Å². The van der Waals surface area contributed by atoms with Crippen molar-refractivity contribution in [3.8, 4) is 0 Å². The van der Waals surface area contributed by atoms with E-state index in [-0.39, 0.29) is 94.4 Å². The fourth-order valence-electron chi connectivity index (χ4n) is 9.74. The van der Waals surface area contributed by atoms with Crippen LogP contribution in [0.3, 0.4) is 0 Å². The molecule has 0 radical (unpaired) electrons. The number of rotatable bonds is 21. The van der Waals surface area contributed by atoms with Gasteiger partial charge in [0.2, 0.25) is 5.69 Å². The molecule has 0 amide bonds. The van der Waals surface area contributed by atoms with Crippen molar-refractivity contribution in [2.45, 2.75) is 156 Å². The van der Waals surface area contributed by atoms with Crippen molar-refractivity contribution in [2.24, 2.45) is 0 Å². The van der Waals surface area contributed by atoms with E-state index < -0.39 is 22.9 Å². The molecular formula is C58H81KN3O9S+. The van der Waals surface area contributed by atoms with E-state index in [0.29, 0.717) is 38.6 Å². The van der Waals surface area contributed by atoms with Gasteiger partial charge in [0.15, 0.2) is 5.71 Å². The molecule has 1 N–H and O–H groups in total. The molecule has 0 saturated heterocycles. The maximum Gasteiger partial charge on any atom is 1.00 e. The van der Waals surface area contributed by atoms with Crippen LogP contribution < -0.4 is 61.6 Å². The molecule has 0 aromatic heterocycles. The maximum atomic E-state index is 12.2. The van der Waals surface area contributed by atoms with Gasteiger partial charge in [0, 0.05) is 87.7 Å². The van der Waals surface area contributed by atoms with Gasteiger partial charge in [0.25, 0.3) is 0 Å². The maximum absolute atomic E-state index is 12.2. The molecule has 14 heteroatoms. The minimum Gasteiger partial charge on any atom is -0.744 e. The van der Waals surface area contributed by atoms with E-state index in [0.717, 1.165) is 103 Å². The van der Waals surface area contributed by atoms with Crippen LogP contribution in [0.5, 0.6) is 0 Å². The second-order valence-corrected chi connectivity index (χ2v) is 20.5. The number of nitrogens with zero attached hydrogens (tertiary/aromatic N) is 2. The molecule has 1 aliphatic carbocycles. The summed E-state index contributed by atoms with van der Waals surface area (Å²) in [6, 6.07) is 19.5.